The number of aryl methyl sites for hydroxylation is 1. The van der Waals surface area contributed by atoms with Crippen LogP contribution in [0.1, 0.15) is 18.9 Å². The topological polar surface area (TPSA) is 0 Å². The lowest BCUT2D eigenvalue weighted by molar-refractivity contribution is 0.515. The van der Waals surface area contributed by atoms with E-state index in [1.54, 1.807) is 12.1 Å². The van der Waals surface area contributed by atoms with E-state index in [2.05, 4.69) is 6.92 Å². The molecule has 0 N–H and O–H groups in total. The van der Waals surface area contributed by atoms with Crippen molar-refractivity contribution in [3.63, 3.8) is 0 Å². The molecule has 0 saturated heterocycles. The van der Waals surface area contributed by atoms with Gasteiger partial charge < -0.3 is 0 Å². The third-order valence-electron chi connectivity index (χ3n) is 4.98. The summed E-state index contributed by atoms with van der Waals surface area (Å²) in [5.74, 6) is -2.39. The molecule has 4 heteroatoms. The highest BCUT2D eigenvalue weighted by Crippen LogP contribution is 2.31. The van der Waals surface area contributed by atoms with Gasteiger partial charge in [-0.25, -0.2) is 13.2 Å². The van der Waals surface area contributed by atoms with Crippen molar-refractivity contribution >= 4 is 13.3 Å². The molecule has 0 heterocycles. The summed E-state index contributed by atoms with van der Waals surface area (Å²) in [5, 5.41) is 0.415. The van der Waals surface area contributed by atoms with Crippen molar-refractivity contribution in [1.29, 1.82) is 0 Å². The van der Waals surface area contributed by atoms with Gasteiger partial charge in [0.1, 0.15) is 5.82 Å². The van der Waals surface area contributed by atoms with E-state index in [4.69, 9.17) is 0 Å². The number of benzene rings is 3. The summed E-state index contributed by atoms with van der Waals surface area (Å²) in [6.07, 6.45) is 2.08. The lowest BCUT2D eigenvalue weighted by Crippen LogP contribution is -2.40. The molecule has 0 unspecified atom stereocenters. The fourth-order valence-corrected chi connectivity index (χ4v) is 4.75. The van der Waals surface area contributed by atoms with Crippen LogP contribution in [-0.4, -0.2) is 8.07 Å². The van der Waals surface area contributed by atoms with Crippen molar-refractivity contribution in [1.82, 2.24) is 0 Å². The van der Waals surface area contributed by atoms with Crippen LogP contribution in [0.5, 0.6) is 0 Å². The zero-order valence-corrected chi connectivity index (χ0v) is 17.7. The van der Waals surface area contributed by atoms with Crippen LogP contribution in [0.15, 0.2) is 54.6 Å². The summed E-state index contributed by atoms with van der Waals surface area (Å²) in [5.41, 5.74) is 2.88. The fourth-order valence-electron chi connectivity index (χ4n) is 3.40. The average Bonchev–Trinajstić information content (AvgIpc) is 2.64. The van der Waals surface area contributed by atoms with Gasteiger partial charge >= 0.3 is 0 Å². The second-order valence-electron chi connectivity index (χ2n) is 8.18. The lowest BCUT2D eigenvalue weighted by Gasteiger charge is -2.19. The molecule has 0 aliphatic rings. The number of rotatable bonds is 5. The first-order valence-corrected chi connectivity index (χ1v) is 13.1. The van der Waals surface area contributed by atoms with E-state index in [9.17, 15) is 13.2 Å². The molecule has 0 atom stereocenters. The van der Waals surface area contributed by atoms with Crippen molar-refractivity contribution in [2.24, 2.45) is 0 Å². The molecule has 0 fully saturated rings. The Bertz CT molecular complexity index is 986. The van der Waals surface area contributed by atoms with E-state index < -0.39 is 25.5 Å². The molecule has 0 saturated carbocycles. The van der Waals surface area contributed by atoms with Gasteiger partial charge in [-0.3, -0.25) is 0 Å². The van der Waals surface area contributed by atoms with Crippen LogP contribution in [0.3, 0.4) is 0 Å². The predicted molar refractivity (Wildman–Crippen MR) is 114 cm³/mol. The van der Waals surface area contributed by atoms with E-state index in [-0.39, 0.29) is 11.1 Å². The highest BCUT2D eigenvalue weighted by molar-refractivity contribution is 6.88. The van der Waals surface area contributed by atoms with Crippen molar-refractivity contribution in [3.8, 4) is 22.3 Å². The SMILES string of the molecule is CCCc1ccc(-c2ccc(-c3ccc([Si](C)(C)C)c(F)c3F)c(F)c2)cc1. The predicted octanol–water partition coefficient (Wildman–Crippen LogP) is 6.94. The van der Waals surface area contributed by atoms with E-state index in [0.29, 0.717) is 10.8 Å². The first-order valence-electron chi connectivity index (χ1n) is 9.60. The number of hydrogen-bond acceptors (Lipinski definition) is 0. The van der Waals surface area contributed by atoms with Crippen molar-refractivity contribution in [2.75, 3.05) is 0 Å². The maximum Gasteiger partial charge on any atom is 0.166 e. The minimum Gasteiger partial charge on any atom is -0.206 e. The molecule has 3 rings (SSSR count). The van der Waals surface area contributed by atoms with Gasteiger partial charge in [0, 0.05) is 11.1 Å². The fraction of sp³-hybridized carbons (Fsp3) is 0.250. The third-order valence-corrected chi connectivity index (χ3v) is 6.98. The first-order chi connectivity index (χ1) is 13.2. The Morgan fingerprint density at radius 3 is 1.89 bits per heavy atom. The van der Waals surface area contributed by atoms with Crippen molar-refractivity contribution in [3.05, 3.63) is 77.6 Å². The molecule has 0 aliphatic carbocycles. The molecule has 0 radical (unpaired) electrons. The van der Waals surface area contributed by atoms with Gasteiger partial charge in [-0.1, -0.05) is 81.5 Å². The maximum atomic E-state index is 14.8. The van der Waals surface area contributed by atoms with Gasteiger partial charge in [-0.05, 0) is 34.4 Å². The van der Waals surface area contributed by atoms with E-state index in [1.165, 1.54) is 23.8 Å². The molecule has 0 aromatic heterocycles. The maximum absolute atomic E-state index is 14.8. The van der Waals surface area contributed by atoms with Crippen molar-refractivity contribution in [2.45, 2.75) is 39.4 Å². The lowest BCUT2D eigenvalue weighted by atomic mass is 9.98. The van der Waals surface area contributed by atoms with E-state index in [1.807, 2.05) is 43.9 Å². The molecule has 0 aliphatic heterocycles. The molecule has 146 valence electrons. The van der Waals surface area contributed by atoms with Crippen LogP contribution in [-0.2, 0) is 6.42 Å². The summed E-state index contributed by atoms with van der Waals surface area (Å²) in [6, 6.07) is 15.7. The van der Waals surface area contributed by atoms with Gasteiger partial charge in [0.05, 0.1) is 8.07 Å². The molecular weight excluding hydrogens is 373 g/mol. The monoisotopic (exact) mass is 398 g/mol. The summed E-state index contributed by atoms with van der Waals surface area (Å²) >= 11 is 0. The molecular formula is C24H25F3Si. The Kier molecular flexibility index (Phi) is 5.80. The minimum atomic E-state index is -2.02. The van der Waals surface area contributed by atoms with Crippen LogP contribution in [0.4, 0.5) is 13.2 Å². The molecule has 28 heavy (non-hydrogen) atoms. The van der Waals surface area contributed by atoms with E-state index in [0.717, 1.165) is 18.4 Å². The average molecular weight is 399 g/mol. The van der Waals surface area contributed by atoms with Crippen molar-refractivity contribution < 1.29 is 13.2 Å². The zero-order valence-electron chi connectivity index (χ0n) is 16.7. The van der Waals surface area contributed by atoms with E-state index >= 15 is 0 Å². The molecule has 3 aromatic rings. The standard InChI is InChI=1S/C24H25F3Si/c1-5-6-16-7-9-17(10-8-16)18-11-12-19(21(25)15-18)20-13-14-22(28(2,3)4)24(27)23(20)26/h7-15H,5-6H2,1-4H3. The number of hydrogen-bond donors (Lipinski definition) is 0. The van der Waals surface area contributed by atoms with Gasteiger partial charge in [-0.2, -0.15) is 0 Å². The highest BCUT2D eigenvalue weighted by Gasteiger charge is 2.25. The van der Waals surface area contributed by atoms with Crippen LogP contribution in [0.2, 0.25) is 19.6 Å². The smallest absolute Gasteiger partial charge is 0.166 e. The first kappa shape index (κ1) is 20.4. The van der Waals surface area contributed by atoms with Gasteiger partial charge in [0.25, 0.3) is 0 Å². The largest absolute Gasteiger partial charge is 0.206 e. The zero-order chi connectivity index (χ0) is 20.5. The normalized spacial score (nSPS) is 11.7. The van der Waals surface area contributed by atoms with Gasteiger partial charge in [0.2, 0.25) is 0 Å². The molecule has 0 spiro atoms. The Labute approximate surface area is 166 Å². The highest BCUT2D eigenvalue weighted by atomic mass is 28.3. The van der Waals surface area contributed by atoms with Crippen LogP contribution in [0, 0.1) is 17.5 Å². The molecule has 0 bridgehead atoms. The summed E-state index contributed by atoms with van der Waals surface area (Å²) in [6.45, 7) is 7.98. The second-order valence-corrected chi connectivity index (χ2v) is 13.2. The number of halogens is 3. The third kappa shape index (κ3) is 4.07. The van der Waals surface area contributed by atoms with Crippen LogP contribution < -0.4 is 5.19 Å². The van der Waals surface area contributed by atoms with Crippen LogP contribution in [0.25, 0.3) is 22.3 Å². The van der Waals surface area contributed by atoms with Gasteiger partial charge in [0.15, 0.2) is 11.6 Å². The Morgan fingerprint density at radius 1 is 0.714 bits per heavy atom. The summed E-state index contributed by atoms with van der Waals surface area (Å²) < 4.78 is 44.0. The summed E-state index contributed by atoms with van der Waals surface area (Å²) in [7, 11) is -2.02. The van der Waals surface area contributed by atoms with Gasteiger partial charge in [-0.15, -0.1) is 0 Å². The summed E-state index contributed by atoms with van der Waals surface area (Å²) in [4.78, 5) is 0. The van der Waals surface area contributed by atoms with Crippen LogP contribution >= 0.6 is 0 Å². The Morgan fingerprint density at radius 2 is 1.32 bits per heavy atom. The minimum absolute atomic E-state index is 0.0400. The quantitative estimate of drug-likeness (QED) is 0.409. The Balaban J connectivity index is 1.98. The molecule has 0 amide bonds. The molecule has 0 nitrogen and oxygen atoms in total. The molecule has 3 aromatic carbocycles. The Hall–Kier alpha value is -2.33. The second kappa shape index (κ2) is 7.96.